The quantitative estimate of drug-likeness (QED) is 0.769. The Kier molecular flexibility index (Phi) is 4.09. The number of amides is 1. The molecular weight excluding hydrogens is 352 g/mol. The van der Waals surface area contributed by atoms with E-state index in [1.807, 2.05) is 12.1 Å². The van der Waals surface area contributed by atoms with E-state index >= 15 is 0 Å². The molecule has 0 spiro atoms. The molecule has 124 valence electrons. The molecule has 3 aromatic rings. The predicted octanol–water partition coefficient (Wildman–Crippen LogP) is 3.03. The van der Waals surface area contributed by atoms with Crippen LogP contribution in [0.25, 0.3) is 11.0 Å². The van der Waals surface area contributed by atoms with Crippen molar-refractivity contribution in [1.29, 1.82) is 0 Å². The summed E-state index contributed by atoms with van der Waals surface area (Å²) in [6.07, 6.45) is 0. The molecule has 9 heteroatoms. The molecule has 7 nitrogen and oxygen atoms in total. The molecule has 2 aromatic heterocycles. The molecule has 1 aromatic carbocycles. The topological polar surface area (TPSA) is 80.5 Å². The number of carbonyl (C=O) groups is 1. The lowest BCUT2D eigenvalue weighted by atomic mass is 10.2. The van der Waals surface area contributed by atoms with Gasteiger partial charge in [-0.25, -0.2) is 4.63 Å². The van der Waals surface area contributed by atoms with Gasteiger partial charge >= 0.3 is 0 Å². The average molecular weight is 365 g/mol. The van der Waals surface area contributed by atoms with Crippen molar-refractivity contribution in [2.75, 3.05) is 36.5 Å². The fraction of sp³-hybridized carbons (Fsp3) is 0.267. The molecule has 0 radical (unpaired) electrons. The molecule has 0 saturated carbocycles. The summed E-state index contributed by atoms with van der Waals surface area (Å²) in [5.74, 6) is -0.240. The first-order valence-corrected chi connectivity index (χ1v) is 8.56. The van der Waals surface area contributed by atoms with Crippen LogP contribution in [0.1, 0.15) is 9.67 Å². The van der Waals surface area contributed by atoms with Gasteiger partial charge in [-0.1, -0.05) is 11.6 Å². The van der Waals surface area contributed by atoms with E-state index in [2.05, 4.69) is 20.5 Å². The predicted molar refractivity (Wildman–Crippen MR) is 92.1 cm³/mol. The molecule has 1 fully saturated rings. The number of anilines is 2. The van der Waals surface area contributed by atoms with Gasteiger partial charge in [-0.05, 0) is 34.6 Å². The Labute approximate surface area is 146 Å². The van der Waals surface area contributed by atoms with Crippen LogP contribution in [0.15, 0.2) is 28.9 Å². The molecule has 1 saturated heterocycles. The van der Waals surface area contributed by atoms with Crippen LogP contribution in [-0.4, -0.2) is 42.5 Å². The number of hydrogen-bond acceptors (Lipinski definition) is 7. The molecule has 0 bridgehead atoms. The van der Waals surface area contributed by atoms with Crippen LogP contribution in [-0.2, 0) is 4.74 Å². The van der Waals surface area contributed by atoms with E-state index in [9.17, 15) is 4.79 Å². The van der Waals surface area contributed by atoms with Crippen LogP contribution >= 0.6 is 22.9 Å². The summed E-state index contributed by atoms with van der Waals surface area (Å²) in [6.45, 7) is 2.90. The normalized spacial score (nSPS) is 15.0. The second kappa shape index (κ2) is 6.39. The smallest absolute Gasteiger partial charge is 0.265 e. The van der Waals surface area contributed by atoms with Gasteiger partial charge in [-0.3, -0.25) is 4.79 Å². The lowest BCUT2D eigenvalue weighted by Crippen LogP contribution is -2.36. The van der Waals surface area contributed by atoms with E-state index in [4.69, 9.17) is 21.0 Å². The van der Waals surface area contributed by atoms with Gasteiger partial charge in [0.25, 0.3) is 5.91 Å². The van der Waals surface area contributed by atoms with Crippen molar-refractivity contribution in [3.63, 3.8) is 0 Å². The number of rotatable bonds is 3. The molecule has 1 N–H and O–H groups in total. The zero-order chi connectivity index (χ0) is 16.5. The van der Waals surface area contributed by atoms with Gasteiger partial charge in [-0.15, -0.1) is 11.3 Å². The molecule has 24 heavy (non-hydrogen) atoms. The fourth-order valence-electron chi connectivity index (χ4n) is 2.63. The van der Waals surface area contributed by atoms with E-state index in [0.29, 0.717) is 39.1 Å². The average Bonchev–Trinajstić information content (AvgIpc) is 3.25. The number of carbonyl (C=O) groups excluding carboxylic acids is 1. The Morgan fingerprint density at radius 2 is 1.96 bits per heavy atom. The summed E-state index contributed by atoms with van der Waals surface area (Å²) in [7, 11) is 0. The van der Waals surface area contributed by atoms with Crippen LogP contribution in [0, 0.1) is 0 Å². The highest BCUT2D eigenvalue weighted by Gasteiger charge is 2.20. The third kappa shape index (κ3) is 2.83. The van der Waals surface area contributed by atoms with Gasteiger partial charge in [0.05, 0.1) is 33.8 Å². The number of morpholine rings is 1. The Morgan fingerprint density at radius 3 is 2.71 bits per heavy atom. The first kappa shape index (κ1) is 15.4. The monoisotopic (exact) mass is 364 g/mol. The zero-order valence-electron chi connectivity index (χ0n) is 12.5. The van der Waals surface area contributed by atoms with Crippen LogP contribution in [0.4, 0.5) is 11.4 Å². The van der Waals surface area contributed by atoms with Crippen molar-refractivity contribution < 1.29 is 14.2 Å². The standard InChI is InChI=1S/C15H13ClN4O3S/c16-12-4-3-11(24-12)15(21)17-9-1-2-10(14-13(9)18-23-19-14)20-5-7-22-8-6-20/h1-4H,5-8H2,(H,17,21). The fourth-order valence-corrected chi connectivity index (χ4v) is 3.57. The van der Waals surface area contributed by atoms with Gasteiger partial charge in [0.1, 0.15) is 0 Å². The summed E-state index contributed by atoms with van der Waals surface area (Å²) in [5.41, 5.74) is 2.62. The highest BCUT2D eigenvalue weighted by molar-refractivity contribution is 7.18. The van der Waals surface area contributed by atoms with Gasteiger partial charge < -0.3 is 15.0 Å². The molecule has 3 heterocycles. The third-order valence-corrected chi connectivity index (χ3v) is 5.02. The van der Waals surface area contributed by atoms with Gasteiger partial charge in [0.2, 0.25) is 0 Å². The molecule has 0 aliphatic carbocycles. The van der Waals surface area contributed by atoms with Crippen molar-refractivity contribution in [3.05, 3.63) is 33.5 Å². The maximum atomic E-state index is 12.3. The number of halogens is 1. The SMILES string of the molecule is O=C(Nc1ccc(N2CCOCC2)c2nonc12)c1ccc(Cl)s1. The first-order valence-electron chi connectivity index (χ1n) is 7.37. The molecule has 0 unspecified atom stereocenters. The number of nitrogens with zero attached hydrogens (tertiary/aromatic N) is 3. The molecule has 1 aliphatic heterocycles. The first-order chi connectivity index (χ1) is 11.7. The van der Waals surface area contributed by atoms with E-state index < -0.39 is 0 Å². The summed E-state index contributed by atoms with van der Waals surface area (Å²) < 4.78 is 10.8. The lowest BCUT2D eigenvalue weighted by Gasteiger charge is -2.28. The lowest BCUT2D eigenvalue weighted by molar-refractivity contribution is 0.103. The summed E-state index contributed by atoms with van der Waals surface area (Å²) >= 11 is 7.10. The molecule has 1 amide bonds. The molecule has 1 aliphatic rings. The van der Waals surface area contributed by atoms with Gasteiger partial charge in [0, 0.05) is 13.1 Å². The number of fused-ring (bicyclic) bond motifs is 1. The van der Waals surface area contributed by atoms with Crippen molar-refractivity contribution in [2.24, 2.45) is 0 Å². The second-order valence-corrected chi connectivity index (χ2v) is 6.97. The number of hydrogen-bond donors (Lipinski definition) is 1. The second-order valence-electron chi connectivity index (χ2n) is 5.25. The molecule has 4 rings (SSSR count). The van der Waals surface area contributed by atoms with Gasteiger partial charge in [0.15, 0.2) is 11.0 Å². The zero-order valence-corrected chi connectivity index (χ0v) is 14.1. The van der Waals surface area contributed by atoms with Crippen molar-refractivity contribution in [1.82, 2.24) is 10.3 Å². The Morgan fingerprint density at radius 1 is 1.17 bits per heavy atom. The number of ether oxygens (including phenoxy) is 1. The van der Waals surface area contributed by atoms with E-state index in [1.165, 1.54) is 11.3 Å². The van der Waals surface area contributed by atoms with Crippen LogP contribution < -0.4 is 10.2 Å². The minimum absolute atomic E-state index is 0.240. The Balaban J connectivity index is 1.65. The number of benzene rings is 1. The van der Waals surface area contributed by atoms with Gasteiger partial charge in [-0.2, -0.15) is 0 Å². The van der Waals surface area contributed by atoms with E-state index in [-0.39, 0.29) is 5.91 Å². The van der Waals surface area contributed by atoms with Crippen LogP contribution in [0.5, 0.6) is 0 Å². The Hall–Kier alpha value is -2.16. The largest absolute Gasteiger partial charge is 0.378 e. The van der Waals surface area contributed by atoms with Crippen LogP contribution in [0.2, 0.25) is 4.34 Å². The summed E-state index contributed by atoms with van der Waals surface area (Å²) in [6, 6.07) is 7.10. The number of nitrogens with one attached hydrogen (secondary N) is 1. The maximum absolute atomic E-state index is 12.3. The third-order valence-electron chi connectivity index (χ3n) is 3.79. The van der Waals surface area contributed by atoms with E-state index in [0.717, 1.165) is 18.8 Å². The van der Waals surface area contributed by atoms with Crippen molar-refractivity contribution in [3.8, 4) is 0 Å². The molecule has 0 atom stereocenters. The van der Waals surface area contributed by atoms with Crippen LogP contribution in [0.3, 0.4) is 0 Å². The summed E-state index contributed by atoms with van der Waals surface area (Å²) in [5, 5.41) is 10.8. The maximum Gasteiger partial charge on any atom is 0.265 e. The van der Waals surface area contributed by atoms with Crippen molar-refractivity contribution in [2.45, 2.75) is 0 Å². The minimum Gasteiger partial charge on any atom is -0.378 e. The Bertz CT molecular complexity index is 888. The number of thiophene rings is 1. The minimum atomic E-state index is -0.240. The van der Waals surface area contributed by atoms with Crippen molar-refractivity contribution >= 4 is 51.3 Å². The number of aromatic nitrogens is 2. The highest BCUT2D eigenvalue weighted by atomic mass is 35.5. The molecular formula is C15H13ClN4O3S. The van der Waals surface area contributed by atoms with E-state index in [1.54, 1.807) is 12.1 Å². The highest BCUT2D eigenvalue weighted by Crippen LogP contribution is 2.31. The summed E-state index contributed by atoms with van der Waals surface area (Å²) in [4.78, 5) is 15.0.